The molecule has 2 aromatic carbocycles. The van der Waals surface area contributed by atoms with Gasteiger partial charge in [-0.15, -0.1) is 0 Å². The number of guanidine groups is 1. The van der Waals surface area contributed by atoms with Crippen molar-refractivity contribution in [2.45, 2.75) is 47.1 Å². The van der Waals surface area contributed by atoms with Gasteiger partial charge in [0.15, 0.2) is 0 Å². The zero-order valence-electron chi connectivity index (χ0n) is 20.4. The van der Waals surface area contributed by atoms with Gasteiger partial charge in [0.1, 0.15) is 0 Å². The van der Waals surface area contributed by atoms with Crippen LogP contribution in [0.3, 0.4) is 0 Å². The van der Waals surface area contributed by atoms with Gasteiger partial charge in [0.2, 0.25) is 5.96 Å². The first-order chi connectivity index (χ1) is 15.1. The van der Waals surface area contributed by atoms with E-state index in [1.54, 1.807) is 0 Å². The lowest BCUT2D eigenvalue weighted by Gasteiger charge is -2.36. The summed E-state index contributed by atoms with van der Waals surface area (Å²) in [5.74, 6) is 1.01. The highest BCUT2D eigenvalue weighted by Crippen LogP contribution is 2.42. The normalized spacial score (nSPS) is 18.3. The molecule has 1 saturated heterocycles. The van der Waals surface area contributed by atoms with Crippen LogP contribution in [0.1, 0.15) is 62.4 Å². The maximum Gasteiger partial charge on any atom is 0.206 e. The molecule has 0 bridgehead atoms. The summed E-state index contributed by atoms with van der Waals surface area (Å²) in [6.07, 6.45) is 1.18. The smallest absolute Gasteiger partial charge is 0.206 e. The summed E-state index contributed by atoms with van der Waals surface area (Å²) < 4.78 is 0. The van der Waals surface area contributed by atoms with Crippen LogP contribution < -0.4 is 5.32 Å². The molecule has 168 valence electrons. The zero-order valence-corrected chi connectivity index (χ0v) is 20.4. The average molecular weight is 429 g/mol. The van der Waals surface area contributed by atoms with Crippen LogP contribution in [0, 0.1) is 12.3 Å². The van der Waals surface area contributed by atoms with E-state index in [9.17, 15) is 0 Å². The molecule has 2 aromatic rings. The van der Waals surface area contributed by atoms with Gasteiger partial charge in [-0.3, -0.25) is 0 Å². The molecule has 0 aromatic heterocycles. The Labute approximate surface area is 193 Å². The molecule has 1 N–H and O–H groups in total. The van der Waals surface area contributed by atoms with E-state index in [4.69, 9.17) is 4.99 Å². The molecule has 1 fully saturated rings. The molecule has 2 aliphatic heterocycles. The first-order valence-electron chi connectivity index (χ1n) is 11.5. The van der Waals surface area contributed by atoms with Crippen molar-refractivity contribution in [1.82, 2.24) is 9.80 Å². The zero-order chi connectivity index (χ0) is 23.2. The number of fused-ring (bicyclic) bond motifs is 1. The van der Waals surface area contributed by atoms with E-state index >= 15 is 0 Å². The van der Waals surface area contributed by atoms with E-state index in [-0.39, 0.29) is 6.04 Å². The van der Waals surface area contributed by atoms with Crippen LogP contribution in [0.2, 0.25) is 0 Å². The summed E-state index contributed by atoms with van der Waals surface area (Å²) >= 11 is 0. The Morgan fingerprint density at radius 1 is 1.22 bits per heavy atom. The highest BCUT2D eigenvalue weighted by atomic mass is 15.4. The molecule has 1 unspecified atom stereocenters. The van der Waals surface area contributed by atoms with Crippen LogP contribution in [0.5, 0.6) is 0 Å². The maximum atomic E-state index is 5.24. The fourth-order valence-electron chi connectivity index (χ4n) is 4.82. The van der Waals surface area contributed by atoms with Crippen LogP contribution in [0.25, 0.3) is 11.3 Å². The highest BCUT2D eigenvalue weighted by molar-refractivity contribution is 5.97. The largest absolute Gasteiger partial charge is 0.378 e. The second-order valence-corrected chi connectivity index (χ2v) is 10.2. The van der Waals surface area contributed by atoms with Crippen molar-refractivity contribution < 1.29 is 0 Å². The summed E-state index contributed by atoms with van der Waals surface area (Å²) in [5, 5.41) is 3.72. The number of aliphatic imine (C=N–C) groups is 1. The number of benzene rings is 2. The summed E-state index contributed by atoms with van der Waals surface area (Å²) in [7, 11) is 2.09. The van der Waals surface area contributed by atoms with Crippen molar-refractivity contribution in [1.29, 1.82) is 0 Å². The maximum absolute atomic E-state index is 5.24. The topological polar surface area (TPSA) is 30.9 Å². The van der Waals surface area contributed by atoms with Crippen molar-refractivity contribution in [2.75, 3.05) is 25.5 Å². The molecule has 0 saturated carbocycles. The van der Waals surface area contributed by atoms with E-state index in [1.165, 1.54) is 17.5 Å². The van der Waals surface area contributed by atoms with Gasteiger partial charge in [-0.2, -0.15) is 0 Å². The molecule has 0 amide bonds. The first kappa shape index (κ1) is 22.2. The Bertz CT molecular complexity index is 1110. The van der Waals surface area contributed by atoms with E-state index < -0.39 is 0 Å². The molecule has 4 nitrogen and oxygen atoms in total. The van der Waals surface area contributed by atoms with E-state index in [0.717, 1.165) is 52.8 Å². The molecule has 32 heavy (non-hydrogen) atoms. The van der Waals surface area contributed by atoms with Crippen LogP contribution in [0.4, 0.5) is 11.4 Å². The summed E-state index contributed by atoms with van der Waals surface area (Å²) in [5.41, 5.74) is 9.18. The number of nitrogens with one attached hydrogen (secondary N) is 1. The van der Waals surface area contributed by atoms with Crippen LogP contribution in [-0.2, 0) is 0 Å². The van der Waals surface area contributed by atoms with Crippen molar-refractivity contribution >= 4 is 28.6 Å². The summed E-state index contributed by atoms with van der Waals surface area (Å²) in [4.78, 5) is 9.80. The number of rotatable bonds is 4. The molecule has 1 atom stereocenters. The third kappa shape index (κ3) is 4.06. The molecule has 0 aliphatic carbocycles. The monoisotopic (exact) mass is 428 g/mol. The molecule has 0 spiro atoms. The van der Waals surface area contributed by atoms with Crippen LogP contribution >= 0.6 is 0 Å². The third-order valence-electron chi connectivity index (χ3n) is 6.70. The molecule has 4 rings (SSSR count). The van der Waals surface area contributed by atoms with E-state index in [1.807, 2.05) is 6.92 Å². The van der Waals surface area contributed by atoms with Crippen LogP contribution in [-0.4, -0.2) is 35.9 Å². The SMILES string of the molecule is C=C(C)c1ccccc1NC(C)c1cc(C)cc2c1N=C(N1CCC(C)(C)C1)N(C)C2=C. The standard InChI is InChI=1S/C28H36N4/c1-18(2)22-11-9-10-12-25(22)29-20(4)23-15-19(3)16-24-21(5)31(8)27(30-26(23)24)32-14-13-28(6,7)17-32/h9-12,15-16,20,29H,1,5,13-14,17H2,2-4,6-8H3. The van der Waals surface area contributed by atoms with Gasteiger partial charge >= 0.3 is 0 Å². The molecule has 2 aliphatic rings. The molecular weight excluding hydrogens is 392 g/mol. The summed E-state index contributed by atoms with van der Waals surface area (Å²) in [6.45, 7) is 21.7. The van der Waals surface area contributed by atoms with Gasteiger partial charge in [-0.05, 0) is 61.4 Å². The lowest BCUT2D eigenvalue weighted by molar-refractivity contribution is 0.360. The summed E-state index contributed by atoms with van der Waals surface area (Å²) in [6, 6.07) is 12.9. The predicted molar refractivity (Wildman–Crippen MR) is 138 cm³/mol. The number of nitrogens with zero attached hydrogens (tertiary/aromatic N) is 3. The van der Waals surface area contributed by atoms with Crippen molar-refractivity contribution in [3.8, 4) is 0 Å². The van der Waals surface area contributed by atoms with E-state index in [0.29, 0.717) is 5.41 Å². The quantitative estimate of drug-likeness (QED) is 0.578. The minimum atomic E-state index is 0.0837. The van der Waals surface area contributed by atoms with Gasteiger partial charge in [0, 0.05) is 42.6 Å². The molecule has 0 radical (unpaired) electrons. The Balaban J connectivity index is 1.76. The average Bonchev–Trinajstić information content (AvgIpc) is 3.10. The molecule has 4 heteroatoms. The number of allylic oxidation sites excluding steroid dienone is 1. The Kier molecular flexibility index (Phi) is 5.66. The Hall–Kier alpha value is -3.01. The predicted octanol–water partition coefficient (Wildman–Crippen LogP) is 6.84. The van der Waals surface area contributed by atoms with Crippen molar-refractivity contribution in [3.05, 3.63) is 71.8 Å². The van der Waals surface area contributed by atoms with Gasteiger partial charge in [0.25, 0.3) is 0 Å². The fourth-order valence-corrected chi connectivity index (χ4v) is 4.82. The van der Waals surface area contributed by atoms with Crippen LogP contribution in [0.15, 0.2) is 54.5 Å². The fraction of sp³-hybridized carbons (Fsp3) is 0.393. The van der Waals surface area contributed by atoms with Crippen molar-refractivity contribution in [3.63, 3.8) is 0 Å². The number of hydrogen-bond acceptors (Lipinski definition) is 4. The minimum absolute atomic E-state index is 0.0837. The molecular formula is C28H36N4. The first-order valence-corrected chi connectivity index (χ1v) is 11.5. The van der Waals surface area contributed by atoms with E-state index in [2.05, 4.69) is 99.4 Å². The number of likely N-dealkylation sites (tertiary alicyclic amines) is 1. The minimum Gasteiger partial charge on any atom is -0.378 e. The van der Waals surface area contributed by atoms with Gasteiger partial charge in [-0.25, -0.2) is 4.99 Å². The number of aryl methyl sites for hydroxylation is 1. The number of para-hydroxylation sites is 1. The van der Waals surface area contributed by atoms with Gasteiger partial charge in [0.05, 0.1) is 11.7 Å². The number of anilines is 1. The number of hydrogen-bond donors (Lipinski definition) is 1. The highest BCUT2D eigenvalue weighted by Gasteiger charge is 2.35. The Morgan fingerprint density at radius 3 is 2.59 bits per heavy atom. The lowest BCUT2D eigenvalue weighted by atomic mass is 9.93. The second kappa shape index (κ2) is 8.16. The molecule has 2 heterocycles. The van der Waals surface area contributed by atoms with Gasteiger partial charge in [-0.1, -0.05) is 51.3 Å². The Morgan fingerprint density at radius 2 is 1.94 bits per heavy atom. The van der Waals surface area contributed by atoms with Crippen molar-refractivity contribution in [2.24, 2.45) is 10.4 Å². The third-order valence-corrected chi connectivity index (χ3v) is 6.70. The second-order valence-electron chi connectivity index (χ2n) is 10.2. The lowest BCUT2D eigenvalue weighted by Crippen LogP contribution is -2.42. The van der Waals surface area contributed by atoms with Gasteiger partial charge < -0.3 is 15.1 Å².